The highest BCUT2D eigenvalue weighted by molar-refractivity contribution is 6.31. The number of non-ortho nitro benzene ring substituents is 1. The maximum atomic E-state index is 12.3. The molecule has 0 saturated heterocycles. The molecule has 0 spiro atoms. The molecule has 2 aromatic carbocycles. The van der Waals surface area contributed by atoms with Crippen LogP contribution < -0.4 is 21.5 Å². The van der Waals surface area contributed by atoms with E-state index in [1.54, 1.807) is 12.1 Å². The van der Waals surface area contributed by atoms with Crippen LogP contribution in [-0.2, 0) is 16.1 Å². The van der Waals surface area contributed by atoms with E-state index in [0.29, 0.717) is 11.1 Å². The van der Waals surface area contributed by atoms with Crippen LogP contribution in [0.4, 0.5) is 5.69 Å². The Hall–Kier alpha value is -4.19. The van der Waals surface area contributed by atoms with E-state index in [9.17, 15) is 19.7 Å². The Labute approximate surface area is 186 Å². The second kappa shape index (κ2) is 11.9. The molecule has 2 rings (SSSR count). The summed E-state index contributed by atoms with van der Waals surface area (Å²) in [5.74, 6) is -2.12. The van der Waals surface area contributed by atoms with Crippen molar-refractivity contribution in [3.05, 3.63) is 68.2 Å². The molecule has 0 aromatic heterocycles. The molecule has 0 aliphatic heterocycles. The average Bonchev–Trinajstić information content (AvgIpc) is 2.69. The number of rotatable bonds is 8. The van der Waals surface area contributed by atoms with Crippen LogP contribution in [0.25, 0.3) is 0 Å². The van der Waals surface area contributed by atoms with E-state index < -0.39 is 29.3 Å². The number of nitro benzene ring substituents is 1. The van der Waals surface area contributed by atoms with Crippen LogP contribution in [-0.4, -0.2) is 40.3 Å². The maximum Gasteiger partial charge on any atom is 0.300 e. The number of halogens is 1. The van der Waals surface area contributed by atoms with Gasteiger partial charge in [-0.25, -0.2) is 0 Å². The molecule has 32 heavy (non-hydrogen) atoms. The van der Waals surface area contributed by atoms with Gasteiger partial charge in [0.1, 0.15) is 11.6 Å². The standard InChI is InChI=1S/C17H16ClN5O5.C2H4O2/c18-12-3-11(4-13(6-12)23(26)27)17(25)22-7-10-2-1-9(16(20)21)5-14(10)28-8-15(19)24;1-2(3)4/h1-6H,7-8H2,(H2,19,24)(H3,20,21)(H,22,25);1H3,(H,3,4). The fourth-order valence-electron chi connectivity index (χ4n) is 2.24. The average molecular weight is 466 g/mol. The number of carboxylic acids is 1. The van der Waals surface area contributed by atoms with Crippen molar-refractivity contribution in [2.45, 2.75) is 13.5 Å². The quantitative estimate of drug-likeness (QED) is 0.166. The first-order chi connectivity index (χ1) is 14.9. The van der Waals surface area contributed by atoms with E-state index in [4.69, 9.17) is 43.1 Å². The van der Waals surface area contributed by atoms with Gasteiger partial charge in [0, 0.05) is 47.3 Å². The molecule has 13 heteroatoms. The number of carbonyl (C=O) groups is 3. The summed E-state index contributed by atoms with van der Waals surface area (Å²) in [6.45, 7) is 0.661. The Bertz CT molecular complexity index is 1050. The molecule has 170 valence electrons. The van der Waals surface area contributed by atoms with E-state index in [0.717, 1.165) is 19.1 Å². The highest BCUT2D eigenvalue weighted by Crippen LogP contribution is 2.23. The molecule has 12 nitrogen and oxygen atoms in total. The van der Waals surface area contributed by atoms with Crippen LogP contribution in [0.3, 0.4) is 0 Å². The third-order valence-electron chi connectivity index (χ3n) is 3.54. The fraction of sp³-hybridized carbons (Fsp3) is 0.158. The molecule has 0 atom stereocenters. The van der Waals surface area contributed by atoms with Gasteiger partial charge in [0.05, 0.1) is 4.92 Å². The number of benzene rings is 2. The van der Waals surface area contributed by atoms with Crippen LogP contribution in [0.15, 0.2) is 36.4 Å². The van der Waals surface area contributed by atoms with Crippen molar-refractivity contribution in [2.75, 3.05) is 6.61 Å². The summed E-state index contributed by atoms with van der Waals surface area (Å²) in [6.07, 6.45) is 0. The number of ether oxygens (including phenoxy) is 1. The van der Waals surface area contributed by atoms with Crippen molar-refractivity contribution >= 4 is 40.9 Å². The van der Waals surface area contributed by atoms with Gasteiger partial charge < -0.3 is 26.6 Å². The van der Waals surface area contributed by atoms with Crippen molar-refractivity contribution < 1.29 is 29.2 Å². The van der Waals surface area contributed by atoms with Crippen LogP contribution in [0.2, 0.25) is 5.02 Å². The molecule has 0 saturated carbocycles. The monoisotopic (exact) mass is 465 g/mol. The number of nitrogens with zero attached hydrogens (tertiary/aromatic N) is 1. The predicted octanol–water partition coefficient (Wildman–Crippen LogP) is 1.42. The van der Waals surface area contributed by atoms with E-state index in [1.165, 1.54) is 12.1 Å². The lowest BCUT2D eigenvalue weighted by atomic mass is 10.1. The minimum atomic E-state index is -0.833. The smallest absolute Gasteiger partial charge is 0.300 e. The minimum Gasteiger partial charge on any atom is -0.483 e. The van der Waals surface area contributed by atoms with E-state index >= 15 is 0 Å². The summed E-state index contributed by atoms with van der Waals surface area (Å²) in [5, 5.41) is 28.4. The van der Waals surface area contributed by atoms with Crippen LogP contribution in [0.1, 0.15) is 28.4 Å². The molecular formula is C19H20ClN5O7. The van der Waals surface area contributed by atoms with Crippen molar-refractivity contribution in [1.82, 2.24) is 5.32 Å². The lowest BCUT2D eigenvalue weighted by Gasteiger charge is -2.13. The number of carboxylic acid groups (broad SMARTS) is 1. The van der Waals surface area contributed by atoms with Crippen molar-refractivity contribution in [3.8, 4) is 5.75 Å². The van der Waals surface area contributed by atoms with Crippen molar-refractivity contribution in [2.24, 2.45) is 11.5 Å². The highest BCUT2D eigenvalue weighted by atomic mass is 35.5. The SMILES string of the molecule is CC(=O)O.N=C(N)c1ccc(CNC(=O)c2cc(Cl)cc([N+](=O)[O-])c2)c(OCC(N)=O)c1. The molecule has 0 bridgehead atoms. The van der Waals surface area contributed by atoms with Gasteiger partial charge in [-0.05, 0) is 12.1 Å². The Morgan fingerprint density at radius 3 is 2.34 bits per heavy atom. The maximum absolute atomic E-state index is 12.3. The first-order valence-electron chi connectivity index (χ1n) is 8.71. The number of hydrogen-bond donors (Lipinski definition) is 5. The first kappa shape index (κ1) is 25.8. The Balaban J connectivity index is 0.00000118. The van der Waals surface area contributed by atoms with Crippen LogP contribution in [0.5, 0.6) is 5.75 Å². The lowest BCUT2D eigenvalue weighted by molar-refractivity contribution is -0.384. The molecule has 0 radical (unpaired) electrons. The Morgan fingerprint density at radius 2 is 1.81 bits per heavy atom. The second-order valence-electron chi connectivity index (χ2n) is 6.15. The van der Waals surface area contributed by atoms with Crippen molar-refractivity contribution in [1.29, 1.82) is 5.41 Å². The van der Waals surface area contributed by atoms with Gasteiger partial charge in [0.15, 0.2) is 6.61 Å². The molecule has 0 unspecified atom stereocenters. The molecule has 0 fully saturated rings. The number of nitro groups is 1. The van der Waals surface area contributed by atoms with Crippen LogP contribution in [0, 0.1) is 15.5 Å². The highest BCUT2D eigenvalue weighted by Gasteiger charge is 2.15. The number of carbonyl (C=O) groups excluding carboxylic acids is 2. The lowest BCUT2D eigenvalue weighted by Crippen LogP contribution is -2.24. The Kier molecular flexibility index (Phi) is 9.58. The summed E-state index contributed by atoms with van der Waals surface area (Å²) in [5.41, 5.74) is 11.1. The molecule has 7 N–H and O–H groups in total. The second-order valence-corrected chi connectivity index (χ2v) is 6.58. The summed E-state index contributed by atoms with van der Waals surface area (Å²) in [4.78, 5) is 42.5. The molecule has 2 amide bonds. The zero-order valence-corrected chi connectivity index (χ0v) is 17.5. The number of primary amides is 1. The number of hydrogen-bond acceptors (Lipinski definition) is 7. The number of nitrogens with one attached hydrogen (secondary N) is 2. The number of amides is 2. The van der Waals surface area contributed by atoms with E-state index in [1.807, 2.05) is 0 Å². The zero-order chi connectivity index (χ0) is 24.4. The minimum absolute atomic E-state index is 0.0131. The summed E-state index contributed by atoms with van der Waals surface area (Å²) < 4.78 is 5.31. The molecule has 2 aromatic rings. The van der Waals surface area contributed by atoms with Gasteiger partial charge >= 0.3 is 0 Å². The van der Waals surface area contributed by atoms with Gasteiger partial charge in [-0.3, -0.25) is 29.9 Å². The largest absolute Gasteiger partial charge is 0.483 e. The van der Waals surface area contributed by atoms with Gasteiger partial charge in [-0.15, -0.1) is 0 Å². The van der Waals surface area contributed by atoms with Gasteiger partial charge in [-0.2, -0.15) is 0 Å². The summed E-state index contributed by atoms with van der Waals surface area (Å²) in [7, 11) is 0. The van der Waals surface area contributed by atoms with E-state index in [-0.39, 0.29) is 34.4 Å². The number of nitrogens with two attached hydrogens (primary N) is 2. The fourth-order valence-corrected chi connectivity index (χ4v) is 2.47. The predicted molar refractivity (Wildman–Crippen MR) is 115 cm³/mol. The van der Waals surface area contributed by atoms with Crippen LogP contribution >= 0.6 is 11.6 Å². The number of amidine groups is 1. The molecule has 0 aliphatic rings. The van der Waals surface area contributed by atoms with Gasteiger partial charge in [0.25, 0.3) is 23.5 Å². The summed E-state index contributed by atoms with van der Waals surface area (Å²) in [6, 6.07) is 8.09. The van der Waals surface area contributed by atoms with Crippen molar-refractivity contribution in [3.63, 3.8) is 0 Å². The van der Waals surface area contributed by atoms with Gasteiger partial charge in [0.2, 0.25) is 0 Å². The Morgan fingerprint density at radius 1 is 1.19 bits per heavy atom. The van der Waals surface area contributed by atoms with Gasteiger partial charge in [-0.1, -0.05) is 23.7 Å². The summed E-state index contributed by atoms with van der Waals surface area (Å²) >= 11 is 5.82. The third-order valence-corrected chi connectivity index (χ3v) is 3.76. The number of nitrogen functional groups attached to an aromatic ring is 1. The zero-order valence-electron chi connectivity index (χ0n) is 16.8. The molecule has 0 aliphatic carbocycles. The normalized spacial score (nSPS) is 9.69. The topological polar surface area (TPSA) is 212 Å². The molecular weight excluding hydrogens is 446 g/mol. The number of aliphatic carboxylic acids is 1. The first-order valence-corrected chi connectivity index (χ1v) is 9.09. The molecule has 0 heterocycles. The van der Waals surface area contributed by atoms with E-state index in [2.05, 4.69) is 5.32 Å². The third kappa shape index (κ3) is 8.67.